The first-order valence-corrected chi connectivity index (χ1v) is 11.4. The molecule has 0 aromatic rings. The summed E-state index contributed by atoms with van der Waals surface area (Å²) in [7, 11) is -1.70. The van der Waals surface area contributed by atoms with E-state index in [-0.39, 0.29) is 5.04 Å². The number of allylic oxidation sites excluding steroid dienone is 1. The molecule has 1 fully saturated rings. The van der Waals surface area contributed by atoms with Crippen LogP contribution in [0.2, 0.25) is 18.1 Å². The van der Waals surface area contributed by atoms with Crippen LogP contribution in [-0.4, -0.2) is 26.6 Å². The van der Waals surface area contributed by atoms with Crippen LogP contribution in [0.4, 0.5) is 0 Å². The number of hydrogen-bond donors (Lipinski definition) is 0. The Bertz CT molecular complexity index is 346. The summed E-state index contributed by atoms with van der Waals surface area (Å²) < 4.78 is 12.6. The summed E-state index contributed by atoms with van der Waals surface area (Å²) in [6.45, 7) is 22.2. The lowest BCUT2D eigenvalue weighted by molar-refractivity contribution is 0.104. The molecule has 1 aliphatic heterocycles. The third-order valence-electron chi connectivity index (χ3n) is 5.39. The average molecular weight is 313 g/mol. The van der Waals surface area contributed by atoms with Crippen LogP contribution in [0, 0.1) is 11.8 Å². The molecule has 0 unspecified atom stereocenters. The SMILES string of the molecule is C=C[C@@H](C)C[C@H]1O[C@@H]1[C@@H](C)[C@H](CC)O[Si](C)(C)C(C)(C)C. The van der Waals surface area contributed by atoms with Crippen molar-refractivity contribution in [3.05, 3.63) is 12.7 Å². The zero-order valence-corrected chi connectivity index (χ0v) is 16.4. The molecule has 5 atom stereocenters. The number of hydrogen-bond acceptors (Lipinski definition) is 2. The molecule has 0 aliphatic carbocycles. The second-order valence-electron chi connectivity index (χ2n) is 8.27. The van der Waals surface area contributed by atoms with Crippen LogP contribution in [0.15, 0.2) is 12.7 Å². The van der Waals surface area contributed by atoms with Gasteiger partial charge in [0.1, 0.15) is 0 Å². The van der Waals surface area contributed by atoms with Gasteiger partial charge in [-0.15, -0.1) is 6.58 Å². The highest BCUT2D eigenvalue weighted by Crippen LogP contribution is 2.42. The van der Waals surface area contributed by atoms with Gasteiger partial charge in [0.05, 0.1) is 12.2 Å². The first-order chi connectivity index (χ1) is 9.53. The molecule has 3 heteroatoms. The van der Waals surface area contributed by atoms with Gasteiger partial charge in [-0.2, -0.15) is 0 Å². The zero-order chi connectivity index (χ0) is 16.4. The van der Waals surface area contributed by atoms with Crippen molar-refractivity contribution < 1.29 is 9.16 Å². The van der Waals surface area contributed by atoms with Gasteiger partial charge in [0.2, 0.25) is 0 Å². The molecule has 1 heterocycles. The Morgan fingerprint density at radius 2 is 1.86 bits per heavy atom. The fraction of sp³-hybridized carbons (Fsp3) is 0.889. The fourth-order valence-electron chi connectivity index (χ4n) is 2.60. The van der Waals surface area contributed by atoms with E-state index in [1.54, 1.807) is 0 Å². The Balaban J connectivity index is 2.60. The molecule has 0 aromatic heterocycles. The van der Waals surface area contributed by atoms with Crippen molar-refractivity contribution in [2.75, 3.05) is 0 Å². The van der Waals surface area contributed by atoms with Gasteiger partial charge in [-0.05, 0) is 36.9 Å². The summed E-state index contributed by atoms with van der Waals surface area (Å²) in [6.07, 6.45) is 5.28. The van der Waals surface area contributed by atoms with E-state index in [2.05, 4.69) is 61.2 Å². The smallest absolute Gasteiger partial charge is 0.192 e. The fourth-order valence-corrected chi connectivity index (χ4v) is 4.09. The molecule has 124 valence electrons. The largest absolute Gasteiger partial charge is 0.414 e. The molecule has 1 rings (SSSR count). The second-order valence-corrected chi connectivity index (χ2v) is 13.0. The van der Waals surface area contributed by atoms with E-state index in [4.69, 9.17) is 9.16 Å². The van der Waals surface area contributed by atoms with Crippen molar-refractivity contribution in [3.63, 3.8) is 0 Å². The molecule has 0 N–H and O–H groups in total. The van der Waals surface area contributed by atoms with E-state index in [9.17, 15) is 0 Å². The maximum atomic E-state index is 6.63. The van der Waals surface area contributed by atoms with Crippen LogP contribution in [0.1, 0.15) is 54.4 Å². The normalized spacial score (nSPS) is 27.0. The Labute approximate surface area is 133 Å². The lowest BCUT2D eigenvalue weighted by Crippen LogP contribution is -2.46. The first-order valence-electron chi connectivity index (χ1n) is 8.49. The van der Waals surface area contributed by atoms with Crippen LogP contribution >= 0.6 is 0 Å². The molecule has 0 saturated carbocycles. The highest BCUT2D eigenvalue weighted by Gasteiger charge is 2.47. The van der Waals surface area contributed by atoms with E-state index in [0.717, 1.165) is 12.8 Å². The molecule has 0 amide bonds. The average Bonchev–Trinajstić information content (AvgIpc) is 3.12. The molecule has 0 spiro atoms. The van der Waals surface area contributed by atoms with Crippen LogP contribution in [0.25, 0.3) is 0 Å². The lowest BCUT2D eigenvalue weighted by atomic mass is 9.94. The molecular weight excluding hydrogens is 276 g/mol. The van der Waals surface area contributed by atoms with Crippen molar-refractivity contribution >= 4 is 8.32 Å². The molecule has 0 aromatic carbocycles. The molecule has 1 saturated heterocycles. The van der Waals surface area contributed by atoms with Crippen molar-refractivity contribution in [1.29, 1.82) is 0 Å². The van der Waals surface area contributed by atoms with Crippen molar-refractivity contribution in [3.8, 4) is 0 Å². The van der Waals surface area contributed by atoms with Gasteiger partial charge >= 0.3 is 0 Å². The molecule has 0 bridgehead atoms. The van der Waals surface area contributed by atoms with Gasteiger partial charge in [-0.3, -0.25) is 0 Å². The number of ether oxygens (including phenoxy) is 1. The maximum absolute atomic E-state index is 6.63. The monoisotopic (exact) mass is 312 g/mol. The molecule has 1 aliphatic rings. The van der Waals surface area contributed by atoms with Gasteiger partial charge < -0.3 is 9.16 Å². The number of epoxide rings is 1. The maximum Gasteiger partial charge on any atom is 0.192 e. The zero-order valence-electron chi connectivity index (χ0n) is 15.4. The highest BCUT2D eigenvalue weighted by molar-refractivity contribution is 6.74. The molecular formula is C18H36O2Si. The van der Waals surface area contributed by atoms with Gasteiger partial charge in [0, 0.05) is 12.0 Å². The minimum absolute atomic E-state index is 0.265. The molecule has 0 radical (unpaired) electrons. The summed E-state index contributed by atoms with van der Waals surface area (Å²) in [6, 6.07) is 0. The van der Waals surface area contributed by atoms with Gasteiger partial charge in [0.25, 0.3) is 0 Å². The van der Waals surface area contributed by atoms with E-state index < -0.39 is 8.32 Å². The van der Waals surface area contributed by atoms with E-state index in [1.807, 2.05) is 6.08 Å². The van der Waals surface area contributed by atoms with Gasteiger partial charge in [-0.1, -0.05) is 47.6 Å². The predicted molar refractivity (Wildman–Crippen MR) is 94.2 cm³/mol. The van der Waals surface area contributed by atoms with E-state index in [0.29, 0.717) is 30.1 Å². The Kier molecular flexibility index (Phi) is 6.28. The second kappa shape index (κ2) is 6.97. The summed E-state index contributed by atoms with van der Waals surface area (Å²) in [5, 5.41) is 0.265. The summed E-state index contributed by atoms with van der Waals surface area (Å²) >= 11 is 0. The summed E-state index contributed by atoms with van der Waals surface area (Å²) in [4.78, 5) is 0. The lowest BCUT2D eigenvalue weighted by Gasteiger charge is -2.40. The van der Waals surface area contributed by atoms with Crippen molar-refractivity contribution in [2.45, 2.75) is 90.8 Å². The Morgan fingerprint density at radius 3 is 2.29 bits per heavy atom. The third kappa shape index (κ3) is 4.94. The van der Waals surface area contributed by atoms with E-state index in [1.165, 1.54) is 0 Å². The third-order valence-corrected chi connectivity index (χ3v) is 9.89. The van der Waals surface area contributed by atoms with Crippen LogP contribution in [0.5, 0.6) is 0 Å². The minimum atomic E-state index is -1.70. The molecule has 21 heavy (non-hydrogen) atoms. The highest BCUT2D eigenvalue weighted by atomic mass is 28.4. The molecule has 2 nitrogen and oxygen atoms in total. The van der Waals surface area contributed by atoms with Gasteiger partial charge in [0.15, 0.2) is 8.32 Å². The van der Waals surface area contributed by atoms with Crippen LogP contribution in [-0.2, 0) is 9.16 Å². The van der Waals surface area contributed by atoms with E-state index >= 15 is 0 Å². The predicted octanol–water partition coefficient (Wildman–Crippen LogP) is 5.40. The van der Waals surface area contributed by atoms with Crippen LogP contribution in [0.3, 0.4) is 0 Å². The summed E-state index contributed by atoms with van der Waals surface area (Å²) in [5.74, 6) is 1.01. The van der Waals surface area contributed by atoms with Crippen LogP contribution < -0.4 is 0 Å². The standard InChI is InChI=1S/C18H36O2Si/c1-10-13(3)12-16-17(19-16)14(4)15(11-2)20-21(8,9)18(5,6)7/h10,13-17H,1,11-12H2,2-9H3/t13-,14+,15+,16-,17-/m1/s1. The topological polar surface area (TPSA) is 21.8 Å². The van der Waals surface area contributed by atoms with Crippen molar-refractivity contribution in [1.82, 2.24) is 0 Å². The minimum Gasteiger partial charge on any atom is -0.414 e. The Morgan fingerprint density at radius 1 is 1.29 bits per heavy atom. The quantitative estimate of drug-likeness (QED) is 0.340. The van der Waals surface area contributed by atoms with Gasteiger partial charge in [-0.25, -0.2) is 0 Å². The number of rotatable bonds is 8. The van der Waals surface area contributed by atoms with Crippen molar-refractivity contribution in [2.24, 2.45) is 11.8 Å². The first kappa shape index (κ1) is 18.9. The Hall–Kier alpha value is -0.123. The summed E-state index contributed by atoms with van der Waals surface area (Å²) in [5.41, 5.74) is 0.